The highest BCUT2D eigenvalue weighted by molar-refractivity contribution is 7.64. The third-order valence-electron chi connectivity index (χ3n) is 3.37. The average Bonchev–Trinajstić information content (AvgIpc) is 2.78. The van der Waals surface area contributed by atoms with E-state index in [0.717, 1.165) is 11.0 Å². The molecule has 1 amide bonds. The van der Waals surface area contributed by atoms with E-state index in [9.17, 15) is 48.3 Å². The van der Waals surface area contributed by atoms with Crippen molar-refractivity contribution < 1.29 is 66.2 Å². The van der Waals surface area contributed by atoms with Gasteiger partial charge < -0.3 is 53.8 Å². The van der Waals surface area contributed by atoms with Crippen LogP contribution in [-0.2, 0) is 36.4 Å². The molecule has 29 heavy (non-hydrogen) atoms. The van der Waals surface area contributed by atoms with Gasteiger partial charge in [0.2, 0.25) is 0 Å². The summed E-state index contributed by atoms with van der Waals surface area (Å²) < 4.78 is 48.6. The molecule has 0 aromatic carbocycles. The Morgan fingerprint density at radius 2 is 1.76 bits per heavy atom. The van der Waals surface area contributed by atoms with E-state index in [-0.39, 0.29) is 5.82 Å². The zero-order valence-electron chi connectivity index (χ0n) is 14.0. The first-order valence-corrected chi connectivity index (χ1v) is 11.7. The summed E-state index contributed by atoms with van der Waals surface area (Å²) in [6, 6.07) is 0. The number of phosphoric acid groups is 3. The van der Waals surface area contributed by atoms with Gasteiger partial charge in [-0.25, -0.2) is 4.31 Å². The van der Waals surface area contributed by atoms with Crippen LogP contribution in [0.1, 0.15) is 0 Å². The smallest absolute Gasteiger partial charge is 0.278 e. The van der Waals surface area contributed by atoms with Gasteiger partial charge in [0.1, 0.15) is 24.1 Å². The summed E-state index contributed by atoms with van der Waals surface area (Å²) in [6.07, 6.45) is -4.04. The largest absolute Gasteiger partial charge is 0.790 e. The van der Waals surface area contributed by atoms with Crippen molar-refractivity contribution in [1.82, 2.24) is 10.2 Å². The average molecular weight is 478 g/mol. The lowest BCUT2D eigenvalue weighted by molar-refractivity contribution is -0.339. The Hall–Kier alpha value is -0.960. The summed E-state index contributed by atoms with van der Waals surface area (Å²) in [7, 11) is -18.1. The van der Waals surface area contributed by atoms with E-state index in [4.69, 9.17) is 4.74 Å². The summed E-state index contributed by atoms with van der Waals surface area (Å²) in [4.78, 5) is 55.4. The molecule has 2 heterocycles. The highest BCUT2D eigenvalue weighted by Crippen LogP contribution is 2.60. The Morgan fingerprint density at radius 3 is 2.31 bits per heavy atom. The lowest BCUT2D eigenvalue weighted by Crippen LogP contribution is -2.46. The maximum atomic E-state index is 11.5. The first-order valence-electron chi connectivity index (χ1n) is 7.30. The molecule has 0 bridgehead atoms. The number of amides is 1. The van der Waals surface area contributed by atoms with Gasteiger partial charge in [0.05, 0.1) is 14.4 Å². The van der Waals surface area contributed by atoms with Gasteiger partial charge in [-0.2, -0.15) is 0 Å². The first-order chi connectivity index (χ1) is 13.1. The topological polar surface area (TPSA) is 253 Å². The quantitative estimate of drug-likeness (QED) is 0.279. The molecule has 2 aliphatic heterocycles. The molecular formula is C10H13N2O14P3-4. The van der Waals surface area contributed by atoms with Gasteiger partial charge in [-0.3, -0.25) is 18.2 Å². The zero-order chi connectivity index (χ0) is 22.2. The molecule has 0 aliphatic carbocycles. The van der Waals surface area contributed by atoms with Gasteiger partial charge in [0.25, 0.3) is 21.6 Å². The fourth-order valence-corrected chi connectivity index (χ4v) is 5.13. The Balaban J connectivity index is 2.00. The molecule has 0 spiro atoms. The molecule has 19 heteroatoms. The molecule has 166 valence electrons. The van der Waals surface area contributed by atoms with Crippen LogP contribution in [-0.4, -0.2) is 52.2 Å². The fraction of sp³-hybridized carbons (Fsp3) is 0.500. The number of rotatable bonds is 8. The van der Waals surface area contributed by atoms with Gasteiger partial charge in [0, 0.05) is 12.3 Å². The second-order valence-electron chi connectivity index (χ2n) is 5.51. The summed E-state index contributed by atoms with van der Waals surface area (Å²) in [5, 5.41) is 22.3. The molecule has 16 nitrogen and oxygen atoms in total. The standard InChI is InChI=1S/C10H17N2O14P3/c1-5-11-7(13)2-3-12(5)10-9(15)8(14)6(24-10)4-23-28(19,20)26-29(21,22)25-27(16,17)18/h2-3,6,8-10,14-15H,1,4H2,(H,11,13)(H,19,20)(H,21,22)(H2,16,17,18)/p-4/t6-,8?,9+,10-/m1/s1. The maximum absolute atomic E-state index is 11.5. The van der Waals surface area contributed by atoms with E-state index in [0.29, 0.717) is 0 Å². The normalized spacial score (nSPS) is 32.0. The molecule has 2 aliphatic rings. The Labute approximate surface area is 162 Å². The monoisotopic (exact) mass is 478 g/mol. The number of hydrogen-bond donors (Lipinski definition) is 3. The second kappa shape index (κ2) is 8.65. The van der Waals surface area contributed by atoms with Crippen LogP contribution in [0.5, 0.6) is 0 Å². The van der Waals surface area contributed by atoms with Crippen LogP contribution in [0.25, 0.3) is 0 Å². The molecule has 1 saturated heterocycles. The van der Waals surface area contributed by atoms with Crippen molar-refractivity contribution in [1.29, 1.82) is 0 Å². The SMILES string of the molecule is C=C1NC(=O)C=CN1[C@@H]1O[C@H](COP(=O)([O-])OP(=O)([O-])OP(=O)([O-])[O-])C(O)[C@@H]1O. The minimum absolute atomic E-state index is 0.0303. The molecule has 6 atom stereocenters. The molecular weight excluding hydrogens is 465 g/mol. The van der Waals surface area contributed by atoms with Gasteiger partial charge in [-0.1, -0.05) is 6.58 Å². The van der Waals surface area contributed by atoms with Gasteiger partial charge in [-0.05, 0) is 0 Å². The van der Waals surface area contributed by atoms with Gasteiger partial charge >= 0.3 is 0 Å². The van der Waals surface area contributed by atoms with Crippen molar-refractivity contribution in [3.63, 3.8) is 0 Å². The summed E-state index contributed by atoms with van der Waals surface area (Å²) in [5.74, 6) is -0.550. The number of aliphatic hydroxyl groups is 2. The van der Waals surface area contributed by atoms with Crippen LogP contribution in [0.3, 0.4) is 0 Å². The highest BCUT2D eigenvalue weighted by atomic mass is 31.3. The Kier molecular flexibility index (Phi) is 7.25. The lowest BCUT2D eigenvalue weighted by Gasteiger charge is -2.37. The van der Waals surface area contributed by atoms with Crippen molar-refractivity contribution in [3.8, 4) is 0 Å². The minimum atomic E-state index is -6.13. The van der Waals surface area contributed by atoms with Crippen molar-refractivity contribution in [2.45, 2.75) is 24.5 Å². The van der Waals surface area contributed by atoms with E-state index >= 15 is 0 Å². The molecule has 0 aromatic rings. The third-order valence-corrected chi connectivity index (χ3v) is 7.04. The third kappa shape index (κ3) is 6.77. The number of carbonyl (C=O) groups excluding carboxylic acids is 1. The van der Waals surface area contributed by atoms with Crippen LogP contribution in [0, 0.1) is 0 Å². The Morgan fingerprint density at radius 1 is 1.14 bits per heavy atom. The highest BCUT2D eigenvalue weighted by Gasteiger charge is 2.46. The number of hydrogen-bond acceptors (Lipinski definition) is 15. The van der Waals surface area contributed by atoms with Crippen LogP contribution in [0.2, 0.25) is 0 Å². The van der Waals surface area contributed by atoms with Crippen molar-refractivity contribution in [3.05, 3.63) is 24.7 Å². The predicted octanol–water partition coefficient (Wildman–Crippen LogP) is -4.33. The number of phosphoric ester groups is 1. The summed E-state index contributed by atoms with van der Waals surface area (Å²) in [6.45, 7) is 2.42. The van der Waals surface area contributed by atoms with E-state index < -0.39 is 60.5 Å². The zero-order valence-corrected chi connectivity index (χ0v) is 16.6. The van der Waals surface area contributed by atoms with Crippen molar-refractivity contribution in [2.75, 3.05) is 6.61 Å². The number of aliphatic hydroxyl groups excluding tert-OH is 2. The number of carbonyl (C=O) groups is 1. The van der Waals surface area contributed by atoms with Crippen molar-refractivity contribution >= 4 is 29.4 Å². The van der Waals surface area contributed by atoms with Crippen LogP contribution < -0.4 is 24.9 Å². The first kappa shape index (κ1) is 24.3. The second-order valence-corrected chi connectivity index (χ2v) is 9.75. The predicted molar refractivity (Wildman–Crippen MR) is 79.9 cm³/mol. The molecule has 0 aromatic heterocycles. The molecule has 3 N–H and O–H groups in total. The number of nitrogens with one attached hydrogen (secondary N) is 1. The molecule has 2 rings (SSSR count). The van der Waals surface area contributed by atoms with Crippen LogP contribution in [0.15, 0.2) is 24.7 Å². The minimum Gasteiger partial charge on any atom is -0.790 e. The van der Waals surface area contributed by atoms with E-state index in [1.807, 2.05) is 0 Å². The van der Waals surface area contributed by atoms with E-state index in [1.165, 1.54) is 6.20 Å². The molecule has 0 radical (unpaired) electrons. The van der Waals surface area contributed by atoms with Crippen LogP contribution >= 0.6 is 23.5 Å². The van der Waals surface area contributed by atoms with E-state index in [2.05, 4.69) is 25.0 Å². The fourth-order valence-electron chi connectivity index (χ4n) is 2.27. The lowest BCUT2D eigenvalue weighted by atomic mass is 10.1. The summed E-state index contributed by atoms with van der Waals surface area (Å²) in [5.41, 5.74) is 0. The Bertz CT molecular complexity index is 839. The van der Waals surface area contributed by atoms with Crippen LogP contribution in [0.4, 0.5) is 0 Å². The number of ether oxygens (including phenoxy) is 1. The van der Waals surface area contributed by atoms with E-state index in [1.54, 1.807) is 0 Å². The molecule has 1 fully saturated rings. The molecule has 0 saturated carbocycles. The summed E-state index contributed by atoms with van der Waals surface area (Å²) >= 11 is 0. The number of nitrogens with zero attached hydrogens (tertiary/aromatic N) is 1. The maximum Gasteiger partial charge on any atom is 0.278 e. The van der Waals surface area contributed by atoms with Crippen molar-refractivity contribution in [2.24, 2.45) is 0 Å². The van der Waals surface area contributed by atoms with Gasteiger partial charge in [0.15, 0.2) is 6.23 Å². The molecule has 3 unspecified atom stereocenters. The van der Waals surface area contributed by atoms with Gasteiger partial charge in [-0.15, -0.1) is 0 Å².